The lowest BCUT2D eigenvalue weighted by molar-refractivity contribution is -0.137. The Morgan fingerprint density at radius 3 is 2.13 bits per heavy atom. The van der Waals surface area contributed by atoms with Crippen molar-refractivity contribution in [2.75, 3.05) is 10.6 Å². The molecule has 2 aromatic carbocycles. The van der Waals surface area contributed by atoms with E-state index in [2.05, 4.69) is 20.9 Å². The number of alkyl halides is 3. The monoisotopic (exact) mass is 428 g/mol. The van der Waals surface area contributed by atoms with E-state index < -0.39 is 17.8 Å². The summed E-state index contributed by atoms with van der Waals surface area (Å²) in [6, 6.07) is 14.1. The number of carbonyl (C=O) groups is 2. The van der Waals surface area contributed by atoms with E-state index in [0.717, 1.165) is 17.7 Å². The van der Waals surface area contributed by atoms with Crippen LogP contribution in [0.2, 0.25) is 0 Å². The first kappa shape index (κ1) is 21.8. The van der Waals surface area contributed by atoms with Crippen LogP contribution in [0.5, 0.6) is 0 Å². The number of nitrogens with zero attached hydrogens (tertiary/aromatic N) is 1. The van der Waals surface area contributed by atoms with E-state index in [0.29, 0.717) is 23.5 Å². The van der Waals surface area contributed by atoms with Crippen molar-refractivity contribution in [3.8, 4) is 0 Å². The van der Waals surface area contributed by atoms with Crippen LogP contribution in [0.3, 0.4) is 0 Å². The van der Waals surface area contributed by atoms with E-state index in [-0.39, 0.29) is 12.3 Å². The number of carbonyl (C=O) groups excluding carboxylic acids is 2. The summed E-state index contributed by atoms with van der Waals surface area (Å²) in [4.78, 5) is 28.2. The number of urea groups is 1. The summed E-state index contributed by atoms with van der Waals surface area (Å²) in [5.74, 6) is -0.390. The van der Waals surface area contributed by atoms with Crippen molar-refractivity contribution in [1.82, 2.24) is 10.3 Å². The van der Waals surface area contributed by atoms with Gasteiger partial charge in [-0.2, -0.15) is 13.2 Å². The van der Waals surface area contributed by atoms with Gasteiger partial charge in [0.2, 0.25) is 5.91 Å². The standard InChI is InChI=1S/C22H19F3N4O2/c23-22(24,25)17-6-4-15(5-7-17)12-20(30)28-18-2-1-3-19(13-18)29-21(31)27-14-16-8-10-26-11-9-16/h1-11,13H,12,14H2,(H,28,30)(H2,27,29,31). The molecule has 1 aromatic heterocycles. The van der Waals surface area contributed by atoms with Crippen LogP contribution in [0.25, 0.3) is 0 Å². The molecule has 31 heavy (non-hydrogen) atoms. The zero-order valence-electron chi connectivity index (χ0n) is 16.2. The second-order valence-electron chi connectivity index (χ2n) is 6.66. The summed E-state index contributed by atoms with van der Waals surface area (Å²) in [7, 11) is 0. The minimum atomic E-state index is -4.42. The molecule has 0 unspecified atom stereocenters. The molecule has 3 aromatic rings. The lowest BCUT2D eigenvalue weighted by Gasteiger charge is -2.10. The van der Waals surface area contributed by atoms with E-state index in [1.165, 1.54) is 12.1 Å². The molecular formula is C22H19F3N4O2. The molecule has 0 bridgehead atoms. The van der Waals surface area contributed by atoms with Crippen molar-refractivity contribution >= 4 is 23.3 Å². The molecular weight excluding hydrogens is 409 g/mol. The Morgan fingerprint density at radius 1 is 0.839 bits per heavy atom. The van der Waals surface area contributed by atoms with Crippen molar-refractivity contribution in [3.05, 3.63) is 89.7 Å². The first-order valence-corrected chi connectivity index (χ1v) is 9.29. The number of aromatic nitrogens is 1. The highest BCUT2D eigenvalue weighted by atomic mass is 19.4. The van der Waals surface area contributed by atoms with Crippen molar-refractivity contribution in [3.63, 3.8) is 0 Å². The lowest BCUT2D eigenvalue weighted by Crippen LogP contribution is -2.28. The third kappa shape index (κ3) is 6.84. The highest BCUT2D eigenvalue weighted by Crippen LogP contribution is 2.29. The molecule has 0 aliphatic heterocycles. The quantitative estimate of drug-likeness (QED) is 0.537. The van der Waals surface area contributed by atoms with Gasteiger partial charge in [0.15, 0.2) is 0 Å². The van der Waals surface area contributed by atoms with E-state index in [4.69, 9.17) is 0 Å². The van der Waals surface area contributed by atoms with Crippen LogP contribution < -0.4 is 16.0 Å². The minimum Gasteiger partial charge on any atom is -0.334 e. The zero-order valence-corrected chi connectivity index (χ0v) is 16.2. The van der Waals surface area contributed by atoms with Gasteiger partial charge in [0.05, 0.1) is 12.0 Å². The largest absolute Gasteiger partial charge is 0.416 e. The molecule has 9 heteroatoms. The predicted molar refractivity (Wildman–Crippen MR) is 110 cm³/mol. The molecule has 0 atom stereocenters. The minimum absolute atomic E-state index is 0.0811. The number of hydrogen-bond donors (Lipinski definition) is 3. The van der Waals surface area contributed by atoms with Crippen LogP contribution in [0.1, 0.15) is 16.7 Å². The third-order valence-electron chi connectivity index (χ3n) is 4.25. The summed E-state index contributed by atoms with van der Waals surface area (Å²) < 4.78 is 37.8. The number of halogens is 3. The Balaban J connectivity index is 1.52. The van der Waals surface area contributed by atoms with E-state index in [1.54, 1.807) is 48.8 Å². The van der Waals surface area contributed by atoms with Gasteiger partial charge >= 0.3 is 12.2 Å². The molecule has 0 fully saturated rings. The van der Waals surface area contributed by atoms with Crippen LogP contribution in [0.4, 0.5) is 29.3 Å². The molecule has 0 radical (unpaired) electrons. The number of pyridine rings is 1. The Bertz CT molecular complexity index is 1040. The van der Waals surface area contributed by atoms with Crippen molar-refractivity contribution in [1.29, 1.82) is 0 Å². The van der Waals surface area contributed by atoms with Crippen LogP contribution in [-0.2, 0) is 23.9 Å². The van der Waals surface area contributed by atoms with Gasteiger partial charge in [-0.05, 0) is 53.6 Å². The van der Waals surface area contributed by atoms with Gasteiger partial charge in [0, 0.05) is 30.3 Å². The lowest BCUT2D eigenvalue weighted by atomic mass is 10.1. The maximum atomic E-state index is 12.6. The number of rotatable bonds is 6. The second kappa shape index (κ2) is 9.75. The van der Waals surface area contributed by atoms with Crippen LogP contribution in [0.15, 0.2) is 73.1 Å². The molecule has 0 spiro atoms. The van der Waals surface area contributed by atoms with Gasteiger partial charge in [-0.1, -0.05) is 18.2 Å². The fourth-order valence-corrected chi connectivity index (χ4v) is 2.74. The first-order valence-electron chi connectivity index (χ1n) is 9.29. The molecule has 6 nitrogen and oxygen atoms in total. The van der Waals surface area contributed by atoms with Crippen molar-refractivity contribution in [2.45, 2.75) is 19.1 Å². The summed E-state index contributed by atoms with van der Waals surface area (Å²) in [5, 5.41) is 8.05. The topological polar surface area (TPSA) is 83.1 Å². The SMILES string of the molecule is O=C(Cc1ccc(C(F)(F)F)cc1)Nc1cccc(NC(=O)NCc2ccncc2)c1. The van der Waals surface area contributed by atoms with Gasteiger partial charge in [0.1, 0.15) is 0 Å². The zero-order chi connectivity index (χ0) is 22.3. The Hall–Kier alpha value is -3.88. The highest BCUT2D eigenvalue weighted by molar-refractivity contribution is 5.94. The van der Waals surface area contributed by atoms with Gasteiger partial charge in [-0.3, -0.25) is 9.78 Å². The number of benzene rings is 2. The van der Waals surface area contributed by atoms with Crippen LogP contribution in [0, 0.1) is 0 Å². The molecule has 160 valence electrons. The Morgan fingerprint density at radius 2 is 1.48 bits per heavy atom. The summed E-state index contributed by atoms with van der Waals surface area (Å²) in [6.07, 6.45) is -1.24. The van der Waals surface area contributed by atoms with Crippen LogP contribution in [-0.4, -0.2) is 16.9 Å². The van der Waals surface area contributed by atoms with Gasteiger partial charge in [0.25, 0.3) is 0 Å². The molecule has 0 saturated carbocycles. The fraction of sp³-hybridized carbons (Fsp3) is 0.136. The number of nitrogens with one attached hydrogen (secondary N) is 3. The van der Waals surface area contributed by atoms with Crippen LogP contribution >= 0.6 is 0 Å². The maximum Gasteiger partial charge on any atom is 0.416 e. The summed E-state index contributed by atoms with van der Waals surface area (Å²) in [6.45, 7) is 0.331. The first-order chi connectivity index (χ1) is 14.8. The van der Waals surface area contributed by atoms with E-state index in [9.17, 15) is 22.8 Å². The normalized spacial score (nSPS) is 10.9. The van der Waals surface area contributed by atoms with Gasteiger partial charge in [-0.15, -0.1) is 0 Å². The third-order valence-corrected chi connectivity index (χ3v) is 4.25. The summed E-state index contributed by atoms with van der Waals surface area (Å²) in [5.41, 5.74) is 1.51. The Labute approximate surface area is 176 Å². The molecule has 3 amide bonds. The average Bonchev–Trinajstić information content (AvgIpc) is 2.73. The molecule has 3 N–H and O–H groups in total. The van der Waals surface area contributed by atoms with Gasteiger partial charge in [-0.25, -0.2) is 4.79 Å². The fourth-order valence-electron chi connectivity index (χ4n) is 2.74. The Kier molecular flexibility index (Phi) is 6.86. The highest BCUT2D eigenvalue weighted by Gasteiger charge is 2.29. The molecule has 0 saturated heterocycles. The number of anilines is 2. The second-order valence-corrected chi connectivity index (χ2v) is 6.66. The van der Waals surface area contributed by atoms with E-state index in [1.807, 2.05) is 0 Å². The average molecular weight is 428 g/mol. The molecule has 0 aliphatic rings. The smallest absolute Gasteiger partial charge is 0.334 e. The van der Waals surface area contributed by atoms with E-state index >= 15 is 0 Å². The number of amides is 3. The van der Waals surface area contributed by atoms with Crippen molar-refractivity contribution in [2.24, 2.45) is 0 Å². The summed E-state index contributed by atoms with van der Waals surface area (Å²) >= 11 is 0. The molecule has 0 aliphatic carbocycles. The number of hydrogen-bond acceptors (Lipinski definition) is 3. The predicted octanol–water partition coefficient (Wildman–Crippen LogP) is 4.60. The molecule has 1 heterocycles. The maximum absolute atomic E-state index is 12.6. The molecule has 3 rings (SSSR count). The van der Waals surface area contributed by atoms with Crippen molar-refractivity contribution < 1.29 is 22.8 Å². The van der Waals surface area contributed by atoms with Gasteiger partial charge < -0.3 is 16.0 Å².